The number of nitrogens with zero attached hydrogens (tertiary/aromatic N) is 1. The lowest BCUT2D eigenvalue weighted by Gasteiger charge is -2.41. The van der Waals surface area contributed by atoms with Gasteiger partial charge in [0, 0.05) is 37.0 Å². The molecular formula is C22H21N3O4. The Hall–Kier alpha value is -3.48. The van der Waals surface area contributed by atoms with E-state index in [9.17, 15) is 9.59 Å². The van der Waals surface area contributed by atoms with Crippen LogP contribution in [0.2, 0.25) is 0 Å². The van der Waals surface area contributed by atoms with Crippen LogP contribution >= 0.6 is 0 Å². The summed E-state index contributed by atoms with van der Waals surface area (Å²) in [5.41, 5.74) is 3.85. The topological polar surface area (TPSA) is 83.7 Å². The molecule has 0 radical (unpaired) electrons. The van der Waals surface area contributed by atoms with Crippen molar-refractivity contribution in [1.29, 1.82) is 0 Å². The van der Waals surface area contributed by atoms with E-state index in [1.165, 1.54) is 6.92 Å². The van der Waals surface area contributed by atoms with E-state index >= 15 is 0 Å². The van der Waals surface area contributed by atoms with Crippen molar-refractivity contribution < 1.29 is 19.1 Å². The highest BCUT2D eigenvalue weighted by molar-refractivity contribution is 5.92. The van der Waals surface area contributed by atoms with Crippen molar-refractivity contribution in [2.24, 2.45) is 0 Å². The van der Waals surface area contributed by atoms with Gasteiger partial charge in [0.2, 0.25) is 18.6 Å². The van der Waals surface area contributed by atoms with E-state index in [0.717, 1.165) is 27.7 Å². The van der Waals surface area contributed by atoms with E-state index in [1.54, 1.807) is 11.9 Å². The number of amides is 2. The summed E-state index contributed by atoms with van der Waals surface area (Å²) in [6.07, 6.45) is 0.458. The zero-order valence-corrected chi connectivity index (χ0v) is 16.2. The molecule has 3 aromatic rings. The van der Waals surface area contributed by atoms with Gasteiger partial charge in [-0.1, -0.05) is 24.3 Å². The van der Waals surface area contributed by atoms with E-state index in [1.807, 2.05) is 42.5 Å². The van der Waals surface area contributed by atoms with Crippen molar-refractivity contribution in [3.05, 3.63) is 59.3 Å². The predicted molar refractivity (Wildman–Crippen MR) is 107 cm³/mol. The van der Waals surface area contributed by atoms with Crippen LogP contribution in [0, 0.1) is 0 Å². The van der Waals surface area contributed by atoms with Crippen molar-refractivity contribution in [3.63, 3.8) is 0 Å². The van der Waals surface area contributed by atoms with Gasteiger partial charge in [-0.3, -0.25) is 9.59 Å². The van der Waals surface area contributed by atoms with Gasteiger partial charge >= 0.3 is 0 Å². The standard InChI is InChI=1S/C22H21N3O4/c1-12(26)25-17(22(27)23-2)10-15-14-5-3-4-6-16(14)24-20(15)21(25)13-7-8-18-19(9-13)29-11-28-18/h3-9,17,21,24H,10-11H2,1-2H3,(H,23,27)/t17-,21?/m1/s1. The lowest BCUT2D eigenvalue weighted by Crippen LogP contribution is -2.53. The molecule has 2 N–H and O–H groups in total. The summed E-state index contributed by atoms with van der Waals surface area (Å²) in [5, 5.41) is 3.79. The first-order valence-corrected chi connectivity index (χ1v) is 9.58. The van der Waals surface area contributed by atoms with Gasteiger partial charge in [-0.25, -0.2) is 0 Å². The molecule has 2 amide bonds. The maximum Gasteiger partial charge on any atom is 0.242 e. The number of likely N-dealkylation sites (N-methyl/N-ethyl adjacent to an activating group) is 1. The molecule has 148 valence electrons. The molecule has 0 saturated heterocycles. The van der Waals surface area contributed by atoms with Crippen LogP contribution in [0.25, 0.3) is 10.9 Å². The van der Waals surface area contributed by atoms with Gasteiger partial charge in [-0.2, -0.15) is 0 Å². The molecule has 2 aromatic carbocycles. The second-order valence-electron chi connectivity index (χ2n) is 7.34. The van der Waals surface area contributed by atoms with Crippen molar-refractivity contribution in [1.82, 2.24) is 15.2 Å². The first-order chi connectivity index (χ1) is 14.1. The molecule has 7 heteroatoms. The molecule has 2 aliphatic rings. The fourth-order valence-electron chi connectivity index (χ4n) is 4.48. The van der Waals surface area contributed by atoms with Crippen LogP contribution in [0.5, 0.6) is 11.5 Å². The Morgan fingerprint density at radius 3 is 2.72 bits per heavy atom. The number of hydrogen-bond donors (Lipinski definition) is 2. The molecule has 5 rings (SSSR count). The lowest BCUT2D eigenvalue weighted by atomic mass is 9.87. The van der Waals surface area contributed by atoms with E-state index in [0.29, 0.717) is 17.9 Å². The monoisotopic (exact) mass is 391 g/mol. The summed E-state index contributed by atoms with van der Waals surface area (Å²) in [5.74, 6) is 0.983. The van der Waals surface area contributed by atoms with Gasteiger partial charge in [0.15, 0.2) is 11.5 Å². The number of carbonyl (C=O) groups excluding carboxylic acids is 2. The molecule has 7 nitrogen and oxygen atoms in total. The number of aromatic amines is 1. The van der Waals surface area contributed by atoms with Gasteiger partial charge in [-0.05, 0) is 29.3 Å². The smallest absolute Gasteiger partial charge is 0.242 e. The normalized spacial score (nSPS) is 19.9. The van der Waals surface area contributed by atoms with Crippen LogP contribution in [0.4, 0.5) is 0 Å². The second-order valence-corrected chi connectivity index (χ2v) is 7.34. The molecule has 0 saturated carbocycles. The fraction of sp³-hybridized carbons (Fsp3) is 0.273. The van der Waals surface area contributed by atoms with E-state index in [2.05, 4.69) is 10.3 Å². The first-order valence-electron chi connectivity index (χ1n) is 9.58. The minimum atomic E-state index is -0.598. The Bertz CT molecular complexity index is 1140. The Balaban J connectivity index is 1.75. The number of H-pyrrole nitrogens is 1. The summed E-state index contributed by atoms with van der Waals surface area (Å²) in [6.45, 7) is 1.68. The molecule has 1 aromatic heterocycles. The second kappa shape index (κ2) is 6.55. The quantitative estimate of drug-likeness (QED) is 0.703. The number of fused-ring (bicyclic) bond motifs is 4. The summed E-state index contributed by atoms with van der Waals surface area (Å²) in [7, 11) is 1.60. The Kier molecular flexibility index (Phi) is 3.97. The third-order valence-electron chi connectivity index (χ3n) is 5.76. The Morgan fingerprint density at radius 1 is 1.14 bits per heavy atom. The number of nitrogens with one attached hydrogen (secondary N) is 2. The van der Waals surface area contributed by atoms with Gasteiger partial charge in [0.25, 0.3) is 0 Å². The maximum absolute atomic E-state index is 12.8. The van der Waals surface area contributed by atoms with E-state index < -0.39 is 12.1 Å². The molecule has 29 heavy (non-hydrogen) atoms. The average molecular weight is 391 g/mol. The molecule has 0 bridgehead atoms. The van der Waals surface area contributed by atoms with Crippen LogP contribution in [0.1, 0.15) is 29.8 Å². The minimum Gasteiger partial charge on any atom is -0.454 e. The number of aromatic nitrogens is 1. The number of benzene rings is 2. The SMILES string of the molecule is CNC(=O)[C@H]1Cc2c([nH]c3ccccc23)C(c2ccc3c(c2)OCO3)N1C(C)=O. The summed E-state index contributed by atoms with van der Waals surface area (Å²) >= 11 is 0. The average Bonchev–Trinajstić information content (AvgIpc) is 3.35. The number of carbonyl (C=O) groups is 2. The van der Waals surface area contributed by atoms with Gasteiger partial charge in [0.1, 0.15) is 6.04 Å². The fourth-order valence-corrected chi connectivity index (χ4v) is 4.48. The third kappa shape index (κ3) is 2.65. The molecular weight excluding hydrogens is 370 g/mol. The molecule has 2 atom stereocenters. The van der Waals surface area contributed by atoms with Crippen LogP contribution in [0.15, 0.2) is 42.5 Å². The lowest BCUT2D eigenvalue weighted by molar-refractivity contribution is -0.141. The van der Waals surface area contributed by atoms with Gasteiger partial charge < -0.3 is 24.7 Å². The molecule has 0 spiro atoms. The van der Waals surface area contributed by atoms with Crippen molar-refractivity contribution in [2.75, 3.05) is 13.8 Å². The van der Waals surface area contributed by atoms with Crippen LogP contribution in [-0.4, -0.2) is 41.6 Å². The Morgan fingerprint density at radius 2 is 1.93 bits per heavy atom. The predicted octanol–water partition coefficient (Wildman–Crippen LogP) is 2.51. The highest BCUT2D eigenvalue weighted by Crippen LogP contribution is 2.43. The highest BCUT2D eigenvalue weighted by Gasteiger charge is 2.42. The van der Waals surface area contributed by atoms with Gasteiger partial charge in [0.05, 0.1) is 6.04 Å². The van der Waals surface area contributed by atoms with Crippen LogP contribution in [-0.2, 0) is 16.0 Å². The van der Waals surface area contributed by atoms with E-state index in [-0.39, 0.29) is 18.6 Å². The molecule has 2 aliphatic heterocycles. The largest absolute Gasteiger partial charge is 0.454 e. The minimum absolute atomic E-state index is 0.162. The summed E-state index contributed by atoms with van der Waals surface area (Å²) in [6, 6.07) is 12.7. The van der Waals surface area contributed by atoms with Crippen LogP contribution in [0.3, 0.4) is 0 Å². The molecule has 3 heterocycles. The molecule has 1 unspecified atom stereocenters. The first kappa shape index (κ1) is 17.6. The molecule has 0 fully saturated rings. The van der Waals surface area contributed by atoms with E-state index in [4.69, 9.17) is 9.47 Å². The van der Waals surface area contributed by atoms with Gasteiger partial charge in [-0.15, -0.1) is 0 Å². The number of ether oxygens (including phenoxy) is 2. The highest BCUT2D eigenvalue weighted by atomic mass is 16.7. The number of para-hydroxylation sites is 1. The summed E-state index contributed by atoms with van der Waals surface area (Å²) in [4.78, 5) is 30.7. The zero-order valence-electron chi connectivity index (χ0n) is 16.2. The zero-order chi connectivity index (χ0) is 20.1. The number of hydrogen-bond acceptors (Lipinski definition) is 4. The molecule has 0 aliphatic carbocycles. The summed E-state index contributed by atoms with van der Waals surface area (Å²) < 4.78 is 11.0. The van der Waals surface area contributed by atoms with Crippen molar-refractivity contribution in [2.45, 2.75) is 25.4 Å². The van der Waals surface area contributed by atoms with Crippen LogP contribution < -0.4 is 14.8 Å². The van der Waals surface area contributed by atoms with Crippen molar-refractivity contribution in [3.8, 4) is 11.5 Å². The third-order valence-corrected chi connectivity index (χ3v) is 5.76. The Labute approximate surface area is 167 Å². The van der Waals surface area contributed by atoms with Crippen molar-refractivity contribution >= 4 is 22.7 Å². The number of rotatable bonds is 2. The maximum atomic E-state index is 12.8.